The number of hydrogen-bond acceptors (Lipinski definition) is 3. The Hall–Kier alpha value is -0.580. The van der Waals surface area contributed by atoms with Gasteiger partial charge in [-0.1, -0.05) is 15.9 Å². The molecule has 1 aromatic rings. The van der Waals surface area contributed by atoms with E-state index in [1.807, 2.05) is 12.1 Å². The molecular weight excluding hydrogens is 280 g/mol. The van der Waals surface area contributed by atoms with Crippen LogP contribution >= 0.6 is 15.9 Å². The van der Waals surface area contributed by atoms with E-state index >= 15 is 0 Å². The summed E-state index contributed by atoms with van der Waals surface area (Å²) < 4.78 is 6.40. The van der Waals surface area contributed by atoms with E-state index in [0.29, 0.717) is 6.04 Å². The van der Waals surface area contributed by atoms with Crippen LogP contribution in [0, 0.1) is 0 Å². The molecule has 0 amide bonds. The average molecular weight is 299 g/mol. The molecule has 1 atom stereocenters. The summed E-state index contributed by atoms with van der Waals surface area (Å²) in [5, 5.41) is 0. The summed E-state index contributed by atoms with van der Waals surface area (Å²) >= 11 is 3.60. The molecule has 1 aliphatic rings. The zero-order valence-corrected chi connectivity index (χ0v) is 11.7. The lowest BCUT2D eigenvalue weighted by Crippen LogP contribution is -2.34. The number of nitrogens with zero attached hydrogens (tertiary/aromatic N) is 1. The molecule has 1 heterocycles. The third-order valence-electron chi connectivity index (χ3n) is 3.40. The summed E-state index contributed by atoms with van der Waals surface area (Å²) in [4.78, 5) is 2.46. The van der Waals surface area contributed by atoms with Crippen LogP contribution < -0.4 is 10.5 Å². The van der Waals surface area contributed by atoms with Crippen molar-refractivity contribution in [2.75, 3.05) is 20.2 Å². The van der Waals surface area contributed by atoms with Gasteiger partial charge >= 0.3 is 0 Å². The van der Waals surface area contributed by atoms with E-state index in [0.717, 1.165) is 29.9 Å². The normalized spacial score (nSPS) is 20.8. The predicted octanol–water partition coefficient (Wildman–Crippen LogP) is 2.38. The van der Waals surface area contributed by atoms with Crippen molar-refractivity contribution < 1.29 is 4.74 Å². The molecule has 0 aromatic heterocycles. The third kappa shape index (κ3) is 3.00. The Morgan fingerprint density at radius 2 is 2.35 bits per heavy atom. The number of benzene rings is 1. The van der Waals surface area contributed by atoms with E-state index in [4.69, 9.17) is 10.5 Å². The number of ether oxygens (including phenoxy) is 1. The molecule has 0 bridgehead atoms. The highest BCUT2D eigenvalue weighted by atomic mass is 79.9. The predicted molar refractivity (Wildman–Crippen MR) is 73.2 cm³/mol. The summed E-state index contributed by atoms with van der Waals surface area (Å²) in [6.45, 7) is 2.84. The third-order valence-corrected chi connectivity index (χ3v) is 4.17. The molecule has 94 valence electrons. The molecule has 0 aliphatic carbocycles. The van der Waals surface area contributed by atoms with Gasteiger partial charge in [-0.15, -0.1) is 0 Å². The molecule has 3 nitrogen and oxygen atoms in total. The second-order valence-electron chi connectivity index (χ2n) is 4.46. The van der Waals surface area contributed by atoms with Crippen LogP contribution in [0.3, 0.4) is 0 Å². The number of hydrogen-bond donors (Lipinski definition) is 1. The van der Waals surface area contributed by atoms with Crippen LogP contribution in [0.5, 0.6) is 5.75 Å². The van der Waals surface area contributed by atoms with Crippen LogP contribution in [0.2, 0.25) is 0 Å². The number of rotatable bonds is 4. The molecule has 1 unspecified atom stereocenters. The van der Waals surface area contributed by atoms with Crippen molar-refractivity contribution in [1.82, 2.24) is 4.90 Å². The fourth-order valence-electron chi connectivity index (χ4n) is 2.39. The van der Waals surface area contributed by atoms with Crippen molar-refractivity contribution in [3.8, 4) is 5.75 Å². The Kier molecular flexibility index (Phi) is 4.42. The lowest BCUT2D eigenvalue weighted by Gasteiger charge is -2.23. The second kappa shape index (κ2) is 5.85. The van der Waals surface area contributed by atoms with E-state index in [1.54, 1.807) is 7.11 Å². The summed E-state index contributed by atoms with van der Waals surface area (Å²) in [5.74, 6) is 0.909. The minimum absolute atomic E-state index is 0.535. The maximum absolute atomic E-state index is 5.79. The molecule has 1 aliphatic heterocycles. The summed E-state index contributed by atoms with van der Waals surface area (Å²) in [6.07, 6.45) is 2.47. The fraction of sp³-hybridized carbons (Fsp3) is 0.538. The molecule has 1 fully saturated rings. The number of halogens is 1. The second-order valence-corrected chi connectivity index (χ2v) is 5.31. The van der Waals surface area contributed by atoms with E-state index < -0.39 is 0 Å². The first-order valence-corrected chi connectivity index (χ1v) is 6.80. The van der Waals surface area contributed by atoms with Crippen molar-refractivity contribution in [2.45, 2.75) is 25.4 Å². The lowest BCUT2D eigenvalue weighted by molar-refractivity contribution is 0.249. The molecule has 0 spiro atoms. The minimum atomic E-state index is 0.535. The molecule has 0 saturated carbocycles. The maximum Gasteiger partial charge on any atom is 0.119 e. The summed E-state index contributed by atoms with van der Waals surface area (Å²) in [7, 11) is 1.70. The van der Waals surface area contributed by atoms with Gasteiger partial charge < -0.3 is 10.5 Å². The topological polar surface area (TPSA) is 38.5 Å². The molecular formula is C13H19BrN2O. The van der Waals surface area contributed by atoms with Crippen LogP contribution in [0.15, 0.2) is 22.7 Å². The van der Waals surface area contributed by atoms with E-state index in [9.17, 15) is 0 Å². The molecule has 4 heteroatoms. The van der Waals surface area contributed by atoms with Gasteiger partial charge in [-0.05, 0) is 43.1 Å². The number of nitrogens with two attached hydrogens (primary N) is 1. The molecule has 17 heavy (non-hydrogen) atoms. The van der Waals surface area contributed by atoms with Gasteiger partial charge in [0.1, 0.15) is 5.75 Å². The van der Waals surface area contributed by atoms with Gasteiger partial charge in [0.2, 0.25) is 0 Å². The SMILES string of the molecule is COc1ccc(Br)c(CN2CCCC2CN)c1. The molecule has 2 N–H and O–H groups in total. The van der Waals surface area contributed by atoms with Gasteiger partial charge in [-0.3, -0.25) is 4.90 Å². The highest BCUT2D eigenvalue weighted by Gasteiger charge is 2.23. The first-order valence-electron chi connectivity index (χ1n) is 6.01. The Morgan fingerprint density at radius 1 is 1.53 bits per heavy atom. The summed E-state index contributed by atoms with van der Waals surface area (Å²) in [6, 6.07) is 6.64. The Labute approximate surface area is 111 Å². The monoisotopic (exact) mass is 298 g/mol. The van der Waals surface area contributed by atoms with Crippen LogP contribution in [-0.4, -0.2) is 31.1 Å². The average Bonchev–Trinajstić information content (AvgIpc) is 2.79. The zero-order valence-electron chi connectivity index (χ0n) is 10.2. The molecule has 1 saturated heterocycles. The van der Waals surface area contributed by atoms with Gasteiger partial charge in [0.15, 0.2) is 0 Å². The molecule has 1 aromatic carbocycles. The van der Waals surface area contributed by atoms with Crippen LogP contribution in [0.4, 0.5) is 0 Å². The van der Waals surface area contributed by atoms with Crippen molar-refractivity contribution in [2.24, 2.45) is 5.73 Å². The fourth-order valence-corrected chi connectivity index (χ4v) is 2.76. The van der Waals surface area contributed by atoms with E-state index in [1.165, 1.54) is 18.4 Å². The largest absolute Gasteiger partial charge is 0.497 e. The Balaban J connectivity index is 2.12. The standard InChI is InChI=1S/C13H19BrN2O/c1-17-12-4-5-13(14)10(7-12)9-16-6-2-3-11(16)8-15/h4-5,7,11H,2-3,6,8-9,15H2,1H3. The highest BCUT2D eigenvalue weighted by Crippen LogP contribution is 2.26. The first kappa shape index (κ1) is 12.9. The Morgan fingerprint density at radius 3 is 3.06 bits per heavy atom. The van der Waals surface area contributed by atoms with Gasteiger partial charge in [-0.2, -0.15) is 0 Å². The van der Waals surface area contributed by atoms with Crippen molar-refractivity contribution in [1.29, 1.82) is 0 Å². The molecule has 0 radical (unpaired) electrons. The van der Waals surface area contributed by atoms with Gasteiger partial charge in [0, 0.05) is 23.6 Å². The van der Waals surface area contributed by atoms with Crippen molar-refractivity contribution in [3.63, 3.8) is 0 Å². The van der Waals surface area contributed by atoms with Crippen LogP contribution in [0.1, 0.15) is 18.4 Å². The zero-order chi connectivity index (χ0) is 12.3. The minimum Gasteiger partial charge on any atom is -0.497 e. The van der Waals surface area contributed by atoms with Gasteiger partial charge in [-0.25, -0.2) is 0 Å². The Bertz CT molecular complexity index is 384. The van der Waals surface area contributed by atoms with Crippen molar-refractivity contribution in [3.05, 3.63) is 28.2 Å². The summed E-state index contributed by atoms with van der Waals surface area (Å²) in [5.41, 5.74) is 7.06. The lowest BCUT2D eigenvalue weighted by atomic mass is 10.1. The van der Waals surface area contributed by atoms with Crippen LogP contribution in [-0.2, 0) is 6.54 Å². The van der Waals surface area contributed by atoms with E-state index in [2.05, 4.69) is 26.9 Å². The maximum atomic E-state index is 5.79. The van der Waals surface area contributed by atoms with Crippen molar-refractivity contribution >= 4 is 15.9 Å². The number of likely N-dealkylation sites (tertiary alicyclic amines) is 1. The van der Waals surface area contributed by atoms with Gasteiger partial charge in [0.25, 0.3) is 0 Å². The quantitative estimate of drug-likeness (QED) is 0.927. The van der Waals surface area contributed by atoms with Crippen LogP contribution in [0.25, 0.3) is 0 Å². The van der Waals surface area contributed by atoms with Gasteiger partial charge in [0.05, 0.1) is 7.11 Å². The first-order chi connectivity index (χ1) is 8.24. The number of methoxy groups -OCH3 is 1. The highest BCUT2D eigenvalue weighted by molar-refractivity contribution is 9.10. The molecule has 2 rings (SSSR count). The smallest absolute Gasteiger partial charge is 0.119 e. The van der Waals surface area contributed by atoms with E-state index in [-0.39, 0.29) is 0 Å².